The van der Waals surface area contributed by atoms with Gasteiger partial charge in [-0.1, -0.05) is 115 Å². The van der Waals surface area contributed by atoms with Crippen molar-refractivity contribution in [1.82, 2.24) is 14.5 Å². The Kier molecular flexibility index (Phi) is 7.25. The van der Waals surface area contributed by atoms with E-state index in [0.717, 1.165) is 50.5 Å². The lowest BCUT2D eigenvalue weighted by molar-refractivity contribution is 0.477. The SMILES string of the molecule is Oc1ccccc1-c1cc(-c2ccccc2)cc(-c2cccc(-c3cc(-c4cccc5c6ccccc6n(-c6ccccc6)c45)ccn3)c2)n1. The third kappa shape index (κ3) is 5.20. The Morgan fingerprint density at radius 1 is 0.420 bits per heavy atom. The number of fused-ring (bicyclic) bond motifs is 3. The third-order valence-electron chi connectivity index (χ3n) is 9.35. The van der Waals surface area contributed by atoms with Gasteiger partial charge in [0.15, 0.2) is 0 Å². The lowest BCUT2D eigenvalue weighted by atomic mass is 9.97. The zero-order chi connectivity index (χ0) is 33.4. The minimum absolute atomic E-state index is 0.201. The Morgan fingerprint density at radius 2 is 1.04 bits per heavy atom. The van der Waals surface area contributed by atoms with Gasteiger partial charge in [0.2, 0.25) is 0 Å². The number of phenols is 1. The molecule has 0 amide bonds. The van der Waals surface area contributed by atoms with Crippen LogP contribution in [-0.4, -0.2) is 19.6 Å². The Morgan fingerprint density at radius 3 is 1.88 bits per heavy atom. The van der Waals surface area contributed by atoms with Gasteiger partial charge in [-0.25, -0.2) is 4.98 Å². The van der Waals surface area contributed by atoms with E-state index >= 15 is 0 Å². The molecule has 0 aliphatic carbocycles. The average molecular weight is 642 g/mol. The zero-order valence-corrected chi connectivity index (χ0v) is 27.1. The van der Waals surface area contributed by atoms with Crippen LogP contribution >= 0.6 is 0 Å². The molecular formula is C46H31N3O. The monoisotopic (exact) mass is 641 g/mol. The molecule has 0 saturated heterocycles. The molecule has 4 nitrogen and oxygen atoms in total. The first kappa shape index (κ1) is 29.4. The standard InChI is InChI=1S/C46H31N3O/c50-45-24-10-8-20-40(45)43-30-35(31-13-3-1-4-14-31)29-42(48-43)34-16-11-15-33(27-34)41-28-32(25-26-47-41)37-21-12-22-39-38-19-7-9-23-44(38)49(46(37)39)36-17-5-2-6-18-36/h1-30,50H. The summed E-state index contributed by atoms with van der Waals surface area (Å²) in [4.78, 5) is 9.93. The third-order valence-corrected chi connectivity index (χ3v) is 9.35. The van der Waals surface area contributed by atoms with Gasteiger partial charge in [0.1, 0.15) is 5.75 Å². The minimum atomic E-state index is 0.201. The first-order valence-corrected chi connectivity index (χ1v) is 16.7. The highest BCUT2D eigenvalue weighted by Crippen LogP contribution is 2.39. The molecule has 0 unspecified atom stereocenters. The minimum Gasteiger partial charge on any atom is -0.507 e. The number of hydrogen-bond acceptors (Lipinski definition) is 3. The fourth-order valence-electron chi connectivity index (χ4n) is 6.99. The van der Waals surface area contributed by atoms with Gasteiger partial charge in [0.25, 0.3) is 0 Å². The van der Waals surface area contributed by atoms with Crippen molar-refractivity contribution >= 4 is 21.8 Å². The lowest BCUT2D eigenvalue weighted by Gasteiger charge is -2.13. The van der Waals surface area contributed by atoms with Gasteiger partial charge in [-0.3, -0.25) is 4.98 Å². The number of hydrogen-bond donors (Lipinski definition) is 1. The summed E-state index contributed by atoms with van der Waals surface area (Å²) in [5.41, 5.74) is 12.9. The number of rotatable bonds is 6. The highest BCUT2D eigenvalue weighted by Gasteiger charge is 2.17. The summed E-state index contributed by atoms with van der Waals surface area (Å²) in [5, 5.41) is 13.2. The average Bonchev–Trinajstić information content (AvgIpc) is 3.53. The van der Waals surface area contributed by atoms with E-state index in [1.165, 1.54) is 21.8 Å². The number of benzene rings is 6. The normalized spacial score (nSPS) is 11.3. The number of para-hydroxylation sites is 4. The molecule has 9 aromatic rings. The molecule has 3 heterocycles. The number of pyridine rings is 2. The first-order valence-electron chi connectivity index (χ1n) is 16.7. The van der Waals surface area contributed by atoms with Crippen LogP contribution in [0.2, 0.25) is 0 Å². The fraction of sp³-hybridized carbons (Fsp3) is 0. The summed E-state index contributed by atoms with van der Waals surface area (Å²) < 4.78 is 2.37. The molecule has 236 valence electrons. The van der Waals surface area contributed by atoms with Crippen molar-refractivity contribution in [2.75, 3.05) is 0 Å². The summed E-state index contributed by atoms with van der Waals surface area (Å²) in [6.07, 6.45) is 1.90. The van der Waals surface area contributed by atoms with E-state index in [9.17, 15) is 5.11 Å². The van der Waals surface area contributed by atoms with Crippen LogP contribution in [0.25, 0.3) is 83.5 Å². The van der Waals surface area contributed by atoms with Gasteiger partial charge in [-0.05, 0) is 77.4 Å². The number of aromatic nitrogens is 3. The van der Waals surface area contributed by atoms with Crippen LogP contribution in [0.5, 0.6) is 5.75 Å². The lowest BCUT2D eigenvalue weighted by Crippen LogP contribution is -1.95. The van der Waals surface area contributed by atoms with E-state index in [1.807, 2.05) is 48.7 Å². The number of phenolic OH excluding ortho intramolecular Hbond substituents is 1. The van der Waals surface area contributed by atoms with Crippen molar-refractivity contribution in [2.24, 2.45) is 0 Å². The van der Waals surface area contributed by atoms with Crippen LogP contribution in [0.1, 0.15) is 0 Å². The summed E-state index contributed by atoms with van der Waals surface area (Å²) in [7, 11) is 0. The second-order valence-electron chi connectivity index (χ2n) is 12.4. The molecule has 0 bridgehead atoms. The molecule has 0 aliphatic rings. The summed E-state index contributed by atoms with van der Waals surface area (Å²) in [6.45, 7) is 0. The predicted molar refractivity (Wildman–Crippen MR) is 205 cm³/mol. The van der Waals surface area contributed by atoms with Gasteiger partial charge in [0, 0.05) is 44.9 Å². The molecule has 1 N–H and O–H groups in total. The second-order valence-corrected chi connectivity index (χ2v) is 12.4. The van der Waals surface area contributed by atoms with E-state index in [0.29, 0.717) is 11.3 Å². The van der Waals surface area contributed by atoms with E-state index < -0.39 is 0 Å². The highest BCUT2D eigenvalue weighted by molar-refractivity contribution is 6.13. The molecule has 50 heavy (non-hydrogen) atoms. The van der Waals surface area contributed by atoms with Crippen LogP contribution in [0.15, 0.2) is 182 Å². The van der Waals surface area contributed by atoms with E-state index in [2.05, 4.69) is 132 Å². The van der Waals surface area contributed by atoms with Crippen LogP contribution in [0.3, 0.4) is 0 Å². The van der Waals surface area contributed by atoms with Crippen LogP contribution in [0.4, 0.5) is 0 Å². The van der Waals surface area contributed by atoms with Crippen molar-refractivity contribution in [3.05, 3.63) is 182 Å². The van der Waals surface area contributed by atoms with Gasteiger partial charge < -0.3 is 9.67 Å². The topological polar surface area (TPSA) is 50.9 Å². The molecule has 0 aliphatic heterocycles. The smallest absolute Gasteiger partial charge is 0.124 e. The van der Waals surface area contributed by atoms with Gasteiger partial charge in [-0.15, -0.1) is 0 Å². The molecule has 9 rings (SSSR count). The Balaban J connectivity index is 1.18. The van der Waals surface area contributed by atoms with E-state index in [4.69, 9.17) is 9.97 Å². The Hall–Kier alpha value is -6.78. The van der Waals surface area contributed by atoms with Gasteiger partial charge >= 0.3 is 0 Å². The molecule has 0 saturated carbocycles. The van der Waals surface area contributed by atoms with Crippen LogP contribution < -0.4 is 0 Å². The van der Waals surface area contributed by atoms with E-state index in [1.54, 1.807) is 6.07 Å². The maximum absolute atomic E-state index is 10.7. The summed E-state index contributed by atoms with van der Waals surface area (Å²) >= 11 is 0. The molecule has 0 fully saturated rings. The van der Waals surface area contributed by atoms with Crippen LogP contribution in [-0.2, 0) is 0 Å². The summed E-state index contributed by atoms with van der Waals surface area (Å²) in [6, 6.07) is 60.2. The van der Waals surface area contributed by atoms with Crippen molar-refractivity contribution in [2.45, 2.75) is 0 Å². The quantitative estimate of drug-likeness (QED) is 0.197. The van der Waals surface area contributed by atoms with Crippen molar-refractivity contribution in [3.8, 4) is 67.5 Å². The largest absolute Gasteiger partial charge is 0.507 e. The Bertz CT molecular complexity index is 2660. The predicted octanol–water partition coefficient (Wildman–Crippen LogP) is 11.6. The second kappa shape index (κ2) is 12.3. The highest BCUT2D eigenvalue weighted by atomic mass is 16.3. The van der Waals surface area contributed by atoms with Crippen molar-refractivity contribution in [1.29, 1.82) is 0 Å². The molecular weight excluding hydrogens is 611 g/mol. The molecule has 0 spiro atoms. The zero-order valence-electron chi connectivity index (χ0n) is 27.1. The fourth-order valence-corrected chi connectivity index (χ4v) is 6.99. The van der Waals surface area contributed by atoms with Crippen molar-refractivity contribution in [3.63, 3.8) is 0 Å². The maximum atomic E-state index is 10.7. The van der Waals surface area contributed by atoms with Gasteiger partial charge in [-0.2, -0.15) is 0 Å². The summed E-state index contributed by atoms with van der Waals surface area (Å²) in [5.74, 6) is 0.201. The maximum Gasteiger partial charge on any atom is 0.124 e. The molecule has 4 heteroatoms. The first-order chi connectivity index (χ1) is 24.7. The molecule has 3 aromatic heterocycles. The Labute approximate surface area is 290 Å². The molecule has 0 radical (unpaired) electrons. The van der Waals surface area contributed by atoms with Gasteiger partial charge in [0.05, 0.1) is 28.1 Å². The van der Waals surface area contributed by atoms with E-state index in [-0.39, 0.29) is 5.75 Å². The number of nitrogens with zero attached hydrogens (tertiary/aromatic N) is 3. The van der Waals surface area contributed by atoms with Crippen molar-refractivity contribution < 1.29 is 5.11 Å². The molecule has 0 atom stereocenters. The van der Waals surface area contributed by atoms with Crippen LogP contribution in [0, 0.1) is 0 Å². The molecule has 6 aromatic carbocycles. The number of aromatic hydroxyl groups is 1.